The third-order valence-electron chi connectivity index (χ3n) is 2.96. The van der Waals surface area contributed by atoms with Crippen molar-refractivity contribution in [3.05, 3.63) is 34.4 Å². The summed E-state index contributed by atoms with van der Waals surface area (Å²) in [6, 6.07) is 4.30. The summed E-state index contributed by atoms with van der Waals surface area (Å²) in [5.41, 5.74) is 5.86. The highest BCUT2D eigenvalue weighted by Crippen LogP contribution is 2.35. The Labute approximate surface area is 84.3 Å². The summed E-state index contributed by atoms with van der Waals surface area (Å²) in [4.78, 5) is 0. The minimum Gasteiger partial charge on any atom is -0.411 e. The molecule has 0 saturated carbocycles. The molecule has 0 heterocycles. The molecular weight excluding hydrogens is 174 g/mol. The molecule has 1 aliphatic rings. The van der Waals surface area contributed by atoms with Crippen LogP contribution in [0.25, 0.3) is 0 Å². The highest BCUT2D eigenvalue weighted by atomic mass is 16.4. The third kappa shape index (κ3) is 1.22. The molecule has 0 radical (unpaired) electrons. The van der Waals surface area contributed by atoms with E-state index in [1.54, 1.807) is 0 Å². The lowest BCUT2D eigenvalue weighted by molar-refractivity contribution is 0.318. The first kappa shape index (κ1) is 9.25. The van der Waals surface area contributed by atoms with Crippen molar-refractivity contribution < 1.29 is 5.21 Å². The zero-order chi connectivity index (χ0) is 10.3. The maximum atomic E-state index is 8.90. The van der Waals surface area contributed by atoms with Gasteiger partial charge >= 0.3 is 0 Å². The molecule has 1 unspecified atom stereocenters. The molecule has 0 aliphatic heterocycles. The van der Waals surface area contributed by atoms with E-state index in [0.29, 0.717) is 5.92 Å². The second kappa shape index (κ2) is 3.12. The summed E-state index contributed by atoms with van der Waals surface area (Å²) >= 11 is 0. The molecule has 1 aromatic rings. The van der Waals surface area contributed by atoms with E-state index in [4.69, 9.17) is 5.21 Å². The van der Waals surface area contributed by atoms with Crippen LogP contribution in [0.4, 0.5) is 0 Å². The van der Waals surface area contributed by atoms with Crippen molar-refractivity contribution in [3.63, 3.8) is 0 Å². The first-order chi connectivity index (χ1) is 6.63. The van der Waals surface area contributed by atoms with Crippen LogP contribution in [-0.4, -0.2) is 10.9 Å². The number of nitrogens with zero attached hydrogens (tertiary/aromatic N) is 1. The van der Waals surface area contributed by atoms with Crippen molar-refractivity contribution in [1.82, 2.24) is 0 Å². The van der Waals surface area contributed by atoms with Crippen LogP contribution in [0.2, 0.25) is 0 Å². The normalized spacial score (nSPS) is 22.8. The van der Waals surface area contributed by atoms with Gasteiger partial charge in [-0.25, -0.2) is 0 Å². The lowest BCUT2D eigenvalue weighted by Gasteiger charge is -2.08. The lowest BCUT2D eigenvalue weighted by Crippen LogP contribution is -1.95. The van der Waals surface area contributed by atoms with E-state index >= 15 is 0 Å². The smallest absolute Gasteiger partial charge is 0.0876 e. The SMILES string of the molecule is Cc1cc(C)c2c(c1)/C(=N/O)CC2C. The molecule has 0 fully saturated rings. The van der Waals surface area contributed by atoms with Gasteiger partial charge in [0.15, 0.2) is 0 Å². The molecule has 14 heavy (non-hydrogen) atoms. The summed E-state index contributed by atoms with van der Waals surface area (Å²) in [5.74, 6) is 0.483. The molecule has 0 aromatic heterocycles. The molecule has 1 N–H and O–H groups in total. The fraction of sp³-hybridized carbons (Fsp3) is 0.417. The molecule has 1 atom stereocenters. The van der Waals surface area contributed by atoms with Gasteiger partial charge in [0.05, 0.1) is 5.71 Å². The molecule has 0 spiro atoms. The van der Waals surface area contributed by atoms with Crippen molar-refractivity contribution in [3.8, 4) is 0 Å². The molecule has 74 valence electrons. The van der Waals surface area contributed by atoms with Crippen molar-refractivity contribution in [1.29, 1.82) is 0 Å². The van der Waals surface area contributed by atoms with Crippen molar-refractivity contribution in [2.75, 3.05) is 0 Å². The third-order valence-corrected chi connectivity index (χ3v) is 2.96. The predicted molar refractivity (Wildman–Crippen MR) is 57.3 cm³/mol. The maximum absolute atomic E-state index is 8.90. The highest BCUT2D eigenvalue weighted by molar-refractivity contribution is 6.05. The number of hydrogen-bond acceptors (Lipinski definition) is 2. The molecule has 0 saturated heterocycles. The number of fused-ring (bicyclic) bond motifs is 1. The largest absolute Gasteiger partial charge is 0.411 e. The second-order valence-electron chi connectivity index (χ2n) is 4.19. The topological polar surface area (TPSA) is 32.6 Å². The van der Waals surface area contributed by atoms with Crippen molar-refractivity contribution >= 4 is 5.71 Å². The van der Waals surface area contributed by atoms with E-state index in [1.807, 2.05) is 0 Å². The summed E-state index contributed by atoms with van der Waals surface area (Å²) in [5, 5.41) is 12.3. The summed E-state index contributed by atoms with van der Waals surface area (Å²) < 4.78 is 0. The van der Waals surface area contributed by atoms with E-state index < -0.39 is 0 Å². The van der Waals surface area contributed by atoms with Crippen LogP contribution in [0.1, 0.15) is 41.5 Å². The van der Waals surface area contributed by atoms with Crippen molar-refractivity contribution in [2.24, 2.45) is 5.16 Å². The molecular formula is C12H15NO. The number of hydrogen-bond donors (Lipinski definition) is 1. The van der Waals surface area contributed by atoms with Gasteiger partial charge in [0.25, 0.3) is 0 Å². The standard InChI is InChI=1S/C12H15NO/c1-7-4-8(2)12-9(3)6-11(13-14)10(12)5-7/h4-5,9,14H,6H2,1-3H3/b13-11+. The Balaban J connectivity index is 2.68. The van der Waals surface area contributed by atoms with Crippen LogP contribution in [0.15, 0.2) is 17.3 Å². The van der Waals surface area contributed by atoms with E-state index in [2.05, 4.69) is 38.1 Å². The first-order valence-corrected chi connectivity index (χ1v) is 4.96. The summed E-state index contributed by atoms with van der Waals surface area (Å²) in [6.07, 6.45) is 0.857. The zero-order valence-electron chi connectivity index (χ0n) is 8.83. The van der Waals surface area contributed by atoms with Gasteiger partial charge in [-0.2, -0.15) is 0 Å². The summed E-state index contributed by atoms with van der Waals surface area (Å²) in [7, 11) is 0. The molecule has 1 aromatic carbocycles. The minimum absolute atomic E-state index is 0.483. The number of aryl methyl sites for hydroxylation is 2. The Kier molecular flexibility index (Phi) is 2.06. The monoisotopic (exact) mass is 189 g/mol. The fourth-order valence-corrected chi connectivity index (χ4v) is 2.47. The molecule has 0 bridgehead atoms. The van der Waals surface area contributed by atoms with Gasteiger partial charge in [-0.15, -0.1) is 0 Å². The molecule has 2 heteroatoms. The van der Waals surface area contributed by atoms with Crippen LogP contribution in [0.3, 0.4) is 0 Å². The van der Waals surface area contributed by atoms with Crippen LogP contribution >= 0.6 is 0 Å². The number of benzene rings is 1. The van der Waals surface area contributed by atoms with Crippen LogP contribution in [-0.2, 0) is 0 Å². The first-order valence-electron chi connectivity index (χ1n) is 4.96. The minimum atomic E-state index is 0.483. The van der Waals surface area contributed by atoms with Gasteiger partial charge < -0.3 is 5.21 Å². The van der Waals surface area contributed by atoms with E-state index in [0.717, 1.165) is 17.7 Å². The van der Waals surface area contributed by atoms with Gasteiger partial charge in [0.2, 0.25) is 0 Å². The van der Waals surface area contributed by atoms with E-state index in [9.17, 15) is 0 Å². The average Bonchev–Trinajstić information content (AvgIpc) is 2.42. The van der Waals surface area contributed by atoms with Crippen molar-refractivity contribution in [2.45, 2.75) is 33.1 Å². The Morgan fingerprint density at radius 1 is 1.36 bits per heavy atom. The Hall–Kier alpha value is -1.31. The van der Waals surface area contributed by atoms with E-state index in [-0.39, 0.29) is 0 Å². The van der Waals surface area contributed by atoms with Crippen LogP contribution < -0.4 is 0 Å². The van der Waals surface area contributed by atoms with Gasteiger partial charge in [-0.3, -0.25) is 0 Å². The van der Waals surface area contributed by atoms with Gasteiger partial charge in [0.1, 0.15) is 0 Å². The Morgan fingerprint density at radius 3 is 2.71 bits per heavy atom. The fourth-order valence-electron chi connectivity index (χ4n) is 2.47. The Bertz CT molecular complexity index is 407. The second-order valence-corrected chi connectivity index (χ2v) is 4.19. The quantitative estimate of drug-likeness (QED) is 0.494. The molecule has 0 amide bonds. The predicted octanol–water partition coefficient (Wildman–Crippen LogP) is 2.99. The highest BCUT2D eigenvalue weighted by Gasteiger charge is 2.26. The van der Waals surface area contributed by atoms with Gasteiger partial charge in [-0.05, 0) is 37.0 Å². The maximum Gasteiger partial charge on any atom is 0.0876 e. The molecule has 2 nitrogen and oxygen atoms in total. The van der Waals surface area contributed by atoms with Gasteiger partial charge in [0, 0.05) is 12.0 Å². The number of rotatable bonds is 0. The lowest BCUT2D eigenvalue weighted by atomic mass is 9.96. The van der Waals surface area contributed by atoms with Crippen LogP contribution in [0.5, 0.6) is 0 Å². The molecule has 1 aliphatic carbocycles. The molecule has 2 rings (SSSR count). The zero-order valence-corrected chi connectivity index (χ0v) is 8.83. The van der Waals surface area contributed by atoms with E-state index in [1.165, 1.54) is 16.7 Å². The van der Waals surface area contributed by atoms with Crippen LogP contribution in [0, 0.1) is 13.8 Å². The average molecular weight is 189 g/mol. The van der Waals surface area contributed by atoms with Gasteiger partial charge in [-0.1, -0.05) is 23.7 Å². The Morgan fingerprint density at radius 2 is 2.07 bits per heavy atom. The number of oxime groups is 1. The summed E-state index contributed by atoms with van der Waals surface area (Å²) in [6.45, 7) is 6.38.